The minimum absolute atomic E-state index is 0.0154. The van der Waals surface area contributed by atoms with Gasteiger partial charge in [0.15, 0.2) is 0 Å². The van der Waals surface area contributed by atoms with E-state index in [1.165, 1.54) is 72.1 Å². The molecule has 71 heavy (non-hydrogen) atoms. The number of thioether (sulfide) groups is 2. The second-order valence-electron chi connectivity index (χ2n) is 16.0. The third-order valence-electron chi connectivity index (χ3n) is 10.4. The number of amides is 8. The Bertz CT molecular complexity index is 2370. The normalized spacial score (nSPS) is 10.6. The Hall–Kier alpha value is -7.46. The monoisotopic (exact) mass is 1020 g/mol. The zero-order valence-electron chi connectivity index (χ0n) is 39.4. The first-order valence-corrected chi connectivity index (χ1v) is 25.2. The largest absolute Gasteiger partial charge is 0.507 e. The molecule has 4 aromatic carbocycles. The number of hydrazine groups is 4. The molecular weight excluding hydrogens is 957 g/mol. The lowest BCUT2D eigenvalue weighted by molar-refractivity contribution is -0.122. The summed E-state index contributed by atoms with van der Waals surface area (Å²) in [5.41, 5.74) is 20.8. The SMILES string of the molecule is CCCCc1ccc(C(=O)NNC(=O)CCSCCC(=O)NNC(=O)c2cc(Cc3ccc(O)c(C(=O)NNC(=O)CCSCCC(=O)NNC(=O)c4ccc(CCCC)cc4O)c3)ccc2O)c(O)c1. The molecule has 0 saturated carbocycles. The minimum atomic E-state index is -0.807. The van der Waals surface area contributed by atoms with Crippen LogP contribution in [-0.2, 0) is 38.4 Å². The maximum absolute atomic E-state index is 12.9. The molecule has 0 bridgehead atoms. The van der Waals surface area contributed by atoms with Crippen LogP contribution in [0.5, 0.6) is 23.0 Å². The van der Waals surface area contributed by atoms with Crippen LogP contribution in [0.4, 0.5) is 0 Å². The number of unbranched alkanes of at least 4 members (excludes halogenated alkanes) is 2. The number of nitrogens with one attached hydrogen (secondary N) is 8. The molecule has 0 fully saturated rings. The van der Waals surface area contributed by atoms with Crippen molar-refractivity contribution in [2.75, 3.05) is 23.0 Å². The van der Waals surface area contributed by atoms with Crippen LogP contribution < -0.4 is 43.4 Å². The maximum Gasteiger partial charge on any atom is 0.273 e. The number of benzene rings is 4. The molecule has 0 unspecified atom stereocenters. The van der Waals surface area contributed by atoms with Crippen LogP contribution >= 0.6 is 23.5 Å². The summed E-state index contributed by atoms with van der Waals surface area (Å²) in [5.74, 6) is -4.80. The topological polar surface area (TPSA) is 314 Å². The van der Waals surface area contributed by atoms with Crippen LogP contribution in [0.15, 0.2) is 72.8 Å². The lowest BCUT2D eigenvalue weighted by atomic mass is 10.00. The second-order valence-corrected chi connectivity index (χ2v) is 18.5. The van der Waals surface area contributed by atoms with E-state index < -0.39 is 47.3 Å². The molecule has 20 nitrogen and oxygen atoms in total. The Morgan fingerprint density at radius 3 is 1.00 bits per heavy atom. The van der Waals surface area contributed by atoms with E-state index in [9.17, 15) is 58.8 Å². The van der Waals surface area contributed by atoms with Gasteiger partial charge in [0.2, 0.25) is 23.6 Å². The molecule has 0 aliphatic heterocycles. The summed E-state index contributed by atoms with van der Waals surface area (Å²) in [5, 5.41) is 41.3. The highest BCUT2D eigenvalue weighted by atomic mass is 32.2. The predicted molar refractivity (Wildman–Crippen MR) is 268 cm³/mol. The van der Waals surface area contributed by atoms with Crippen molar-refractivity contribution in [2.24, 2.45) is 0 Å². The number of hydrogen-bond donors (Lipinski definition) is 12. The molecule has 0 radical (unpaired) electrons. The van der Waals surface area contributed by atoms with Gasteiger partial charge in [0.1, 0.15) is 23.0 Å². The lowest BCUT2D eigenvalue weighted by Gasteiger charge is -2.12. The van der Waals surface area contributed by atoms with Gasteiger partial charge in [0.25, 0.3) is 23.6 Å². The summed E-state index contributed by atoms with van der Waals surface area (Å²) in [7, 11) is 0. The molecule has 0 aliphatic rings. The summed E-state index contributed by atoms with van der Waals surface area (Å²) in [6, 6.07) is 18.0. The Morgan fingerprint density at radius 2 is 0.690 bits per heavy atom. The number of rotatable bonds is 24. The third-order valence-corrected chi connectivity index (χ3v) is 12.4. The van der Waals surface area contributed by atoms with E-state index in [1.54, 1.807) is 24.3 Å². The number of phenols is 4. The van der Waals surface area contributed by atoms with Gasteiger partial charge in [-0.15, -0.1) is 0 Å². The average Bonchev–Trinajstić information content (AvgIpc) is 3.35. The number of aromatic hydroxyl groups is 4. The first-order chi connectivity index (χ1) is 34.1. The zero-order chi connectivity index (χ0) is 51.7. The van der Waals surface area contributed by atoms with Gasteiger partial charge in [-0.1, -0.05) is 51.0 Å². The Balaban J connectivity index is 1.11. The summed E-state index contributed by atoms with van der Waals surface area (Å²) < 4.78 is 0. The number of aryl methyl sites for hydroxylation is 2. The quantitative estimate of drug-likeness (QED) is 0.0345. The first kappa shape index (κ1) is 56.1. The number of phenolic OH excluding ortho intramolecular Hbond substituents is 4. The Labute approximate surface area is 419 Å². The lowest BCUT2D eigenvalue weighted by Crippen LogP contribution is -2.42. The van der Waals surface area contributed by atoms with Crippen LogP contribution in [0, 0.1) is 0 Å². The van der Waals surface area contributed by atoms with E-state index in [4.69, 9.17) is 0 Å². The second kappa shape index (κ2) is 29.5. The van der Waals surface area contributed by atoms with Crippen LogP contribution in [0.25, 0.3) is 0 Å². The van der Waals surface area contributed by atoms with E-state index in [-0.39, 0.29) is 77.4 Å². The van der Waals surface area contributed by atoms with Crippen molar-refractivity contribution in [1.82, 2.24) is 43.4 Å². The number of carbonyl (C=O) groups is 8. The highest BCUT2D eigenvalue weighted by Gasteiger charge is 2.18. The fourth-order valence-electron chi connectivity index (χ4n) is 6.49. The van der Waals surface area contributed by atoms with Crippen LogP contribution in [0.1, 0.15) is 129 Å². The van der Waals surface area contributed by atoms with Gasteiger partial charge in [0.05, 0.1) is 22.3 Å². The molecule has 0 aliphatic carbocycles. The van der Waals surface area contributed by atoms with E-state index in [1.807, 2.05) is 0 Å². The number of carbonyl (C=O) groups excluding carboxylic acids is 8. The summed E-state index contributed by atoms with van der Waals surface area (Å²) in [4.78, 5) is 99.9. The van der Waals surface area contributed by atoms with Crippen molar-refractivity contribution in [3.05, 3.63) is 117 Å². The molecule has 0 heterocycles. The highest BCUT2D eigenvalue weighted by molar-refractivity contribution is 7.99. The molecule has 22 heteroatoms. The van der Waals surface area contributed by atoms with Gasteiger partial charge in [-0.2, -0.15) is 23.5 Å². The van der Waals surface area contributed by atoms with Gasteiger partial charge in [-0.05, 0) is 103 Å². The zero-order valence-corrected chi connectivity index (χ0v) is 41.0. The minimum Gasteiger partial charge on any atom is -0.507 e. The van der Waals surface area contributed by atoms with Crippen molar-refractivity contribution in [3.63, 3.8) is 0 Å². The Morgan fingerprint density at radius 1 is 0.380 bits per heavy atom. The molecule has 12 N–H and O–H groups in total. The number of hydrogen-bond acceptors (Lipinski definition) is 14. The van der Waals surface area contributed by atoms with Gasteiger partial charge >= 0.3 is 0 Å². The molecule has 4 aromatic rings. The summed E-state index contributed by atoms with van der Waals surface area (Å²) >= 11 is 2.58. The van der Waals surface area contributed by atoms with Crippen LogP contribution in [-0.4, -0.2) is 90.7 Å². The fraction of sp³-hybridized carbons (Fsp3) is 0.347. The van der Waals surface area contributed by atoms with Gasteiger partial charge in [-0.25, -0.2) is 0 Å². The molecular formula is C49H60N8O12S2. The van der Waals surface area contributed by atoms with Crippen molar-refractivity contribution in [1.29, 1.82) is 0 Å². The van der Waals surface area contributed by atoms with Crippen molar-refractivity contribution < 1.29 is 58.8 Å². The molecule has 0 spiro atoms. The molecule has 380 valence electrons. The molecule has 8 amide bonds. The van der Waals surface area contributed by atoms with Crippen molar-refractivity contribution in [2.45, 2.75) is 84.5 Å². The van der Waals surface area contributed by atoms with Gasteiger partial charge in [-0.3, -0.25) is 81.8 Å². The summed E-state index contributed by atoms with van der Waals surface area (Å²) in [6.07, 6.45) is 5.61. The summed E-state index contributed by atoms with van der Waals surface area (Å²) in [6.45, 7) is 4.11. The average molecular weight is 1020 g/mol. The fourth-order valence-corrected chi connectivity index (χ4v) is 8.21. The molecule has 0 aromatic heterocycles. The van der Waals surface area contributed by atoms with Crippen LogP contribution in [0.3, 0.4) is 0 Å². The van der Waals surface area contributed by atoms with Crippen molar-refractivity contribution in [3.8, 4) is 23.0 Å². The van der Waals surface area contributed by atoms with E-state index in [0.717, 1.165) is 49.7 Å². The molecule has 0 saturated heterocycles. The van der Waals surface area contributed by atoms with E-state index >= 15 is 0 Å². The van der Waals surface area contributed by atoms with Gasteiger partial charge < -0.3 is 20.4 Å². The maximum atomic E-state index is 12.9. The third kappa shape index (κ3) is 19.5. The van der Waals surface area contributed by atoms with Crippen LogP contribution in [0.2, 0.25) is 0 Å². The van der Waals surface area contributed by atoms with E-state index in [2.05, 4.69) is 57.3 Å². The predicted octanol–water partition coefficient (Wildman–Crippen LogP) is 4.26. The molecule has 4 rings (SSSR count). The standard InChI is InChI=1S/C49H60N8O12S2/c1-3-5-7-30-9-13-34(40(60)28-30)46(66)54-50-42(62)17-21-70-23-19-44(64)52-56-48(68)36-26-32(11-15-38(36)58)25-33-12-16-39(59)37(27-33)49(69)57-53-45(65)20-24-71-22-18-43(63)51-55-47(67)35-14-10-31(8-6-4-2)29-41(35)61/h9-16,26-29,58-61H,3-8,17-25H2,1-2H3,(H,50,62)(H,51,63)(H,52,64)(H,53,65)(H,54,66)(H,55,67)(H,56,68)(H,57,69). The molecule has 0 atom stereocenters. The highest BCUT2D eigenvalue weighted by Crippen LogP contribution is 2.25. The van der Waals surface area contributed by atoms with Crippen molar-refractivity contribution >= 4 is 70.8 Å². The van der Waals surface area contributed by atoms with E-state index in [0.29, 0.717) is 34.1 Å². The smallest absolute Gasteiger partial charge is 0.273 e. The van der Waals surface area contributed by atoms with Gasteiger partial charge in [0, 0.05) is 48.7 Å². The Kier molecular flexibility index (Phi) is 23.4. The first-order valence-electron chi connectivity index (χ1n) is 22.9.